The predicted molar refractivity (Wildman–Crippen MR) is 76.2 cm³/mol. The smallest absolute Gasteiger partial charge is 0.226 e. The van der Waals surface area contributed by atoms with Crippen molar-refractivity contribution in [2.75, 3.05) is 13.1 Å². The molecule has 0 aliphatic carbocycles. The van der Waals surface area contributed by atoms with Crippen molar-refractivity contribution in [1.82, 2.24) is 10.6 Å². The van der Waals surface area contributed by atoms with E-state index in [-0.39, 0.29) is 11.3 Å². The highest BCUT2D eigenvalue weighted by Gasteiger charge is 2.34. The summed E-state index contributed by atoms with van der Waals surface area (Å²) in [7, 11) is 0. The second-order valence-corrected chi connectivity index (χ2v) is 6.04. The van der Waals surface area contributed by atoms with Crippen LogP contribution in [0.5, 0.6) is 0 Å². The van der Waals surface area contributed by atoms with E-state index in [1.165, 1.54) is 0 Å². The molecular formula is C14H19BrN2O. The Hall–Kier alpha value is -0.870. The molecule has 0 bridgehead atoms. The number of nitrogens with one attached hydrogen (secondary N) is 2. The molecule has 1 fully saturated rings. The number of hydrogen-bond acceptors (Lipinski definition) is 2. The number of piperidine rings is 1. The molecule has 1 aliphatic heterocycles. The zero-order valence-electron chi connectivity index (χ0n) is 10.6. The Kier molecular flexibility index (Phi) is 4.40. The number of carbonyl (C=O) groups is 1. The van der Waals surface area contributed by atoms with E-state index in [0.29, 0.717) is 6.54 Å². The third-order valence-electron chi connectivity index (χ3n) is 3.60. The van der Waals surface area contributed by atoms with Gasteiger partial charge >= 0.3 is 0 Å². The van der Waals surface area contributed by atoms with Crippen molar-refractivity contribution in [3.8, 4) is 0 Å². The van der Waals surface area contributed by atoms with E-state index in [4.69, 9.17) is 0 Å². The molecule has 18 heavy (non-hydrogen) atoms. The van der Waals surface area contributed by atoms with Gasteiger partial charge in [-0.3, -0.25) is 4.79 Å². The van der Waals surface area contributed by atoms with Gasteiger partial charge in [-0.15, -0.1) is 0 Å². The van der Waals surface area contributed by atoms with Crippen LogP contribution in [0.2, 0.25) is 0 Å². The van der Waals surface area contributed by atoms with Crippen LogP contribution in [0.15, 0.2) is 28.7 Å². The maximum atomic E-state index is 12.2. The Morgan fingerprint density at radius 2 is 2.17 bits per heavy atom. The topological polar surface area (TPSA) is 41.1 Å². The van der Waals surface area contributed by atoms with Gasteiger partial charge in [0.15, 0.2) is 0 Å². The minimum atomic E-state index is -0.211. The van der Waals surface area contributed by atoms with Gasteiger partial charge in [0.2, 0.25) is 5.91 Å². The van der Waals surface area contributed by atoms with Crippen molar-refractivity contribution in [1.29, 1.82) is 0 Å². The fraction of sp³-hybridized carbons (Fsp3) is 0.500. The molecule has 1 heterocycles. The van der Waals surface area contributed by atoms with Crippen molar-refractivity contribution >= 4 is 21.8 Å². The molecule has 3 nitrogen and oxygen atoms in total. The molecule has 2 N–H and O–H groups in total. The third-order valence-corrected chi connectivity index (χ3v) is 4.09. The van der Waals surface area contributed by atoms with Crippen molar-refractivity contribution in [3.63, 3.8) is 0 Å². The first-order valence-electron chi connectivity index (χ1n) is 6.34. The van der Waals surface area contributed by atoms with E-state index in [1.807, 2.05) is 24.3 Å². The maximum absolute atomic E-state index is 12.2. The van der Waals surface area contributed by atoms with Gasteiger partial charge in [0.25, 0.3) is 0 Å². The van der Waals surface area contributed by atoms with E-state index in [2.05, 4.69) is 33.5 Å². The van der Waals surface area contributed by atoms with E-state index in [9.17, 15) is 4.79 Å². The molecular weight excluding hydrogens is 292 g/mol. The minimum Gasteiger partial charge on any atom is -0.352 e. The minimum absolute atomic E-state index is 0.170. The fourth-order valence-electron chi connectivity index (χ4n) is 2.25. The van der Waals surface area contributed by atoms with Crippen LogP contribution in [0.25, 0.3) is 0 Å². The van der Waals surface area contributed by atoms with Gasteiger partial charge in [0, 0.05) is 16.4 Å². The summed E-state index contributed by atoms with van der Waals surface area (Å²) >= 11 is 3.44. The van der Waals surface area contributed by atoms with E-state index in [1.54, 1.807) is 0 Å². The predicted octanol–water partition coefficient (Wildman–Crippen LogP) is 2.46. The number of carbonyl (C=O) groups excluding carboxylic acids is 1. The Balaban J connectivity index is 1.91. The van der Waals surface area contributed by atoms with Crippen LogP contribution in [0.4, 0.5) is 0 Å². The molecule has 1 saturated heterocycles. The first-order valence-corrected chi connectivity index (χ1v) is 7.13. The molecule has 1 aliphatic rings. The van der Waals surface area contributed by atoms with Gasteiger partial charge in [-0.2, -0.15) is 0 Å². The van der Waals surface area contributed by atoms with Gasteiger partial charge < -0.3 is 10.6 Å². The summed E-state index contributed by atoms with van der Waals surface area (Å²) in [5.41, 5.74) is 0.910. The second kappa shape index (κ2) is 5.85. The van der Waals surface area contributed by atoms with Crippen LogP contribution < -0.4 is 10.6 Å². The quantitative estimate of drug-likeness (QED) is 0.900. The normalized spacial score (nSPS) is 18.3. The maximum Gasteiger partial charge on any atom is 0.226 e. The Bertz CT molecular complexity index is 428. The molecule has 0 unspecified atom stereocenters. The molecule has 0 aromatic heterocycles. The zero-order valence-corrected chi connectivity index (χ0v) is 12.2. The Morgan fingerprint density at radius 3 is 2.83 bits per heavy atom. The summed E-state index contributed by atoms with van der Waals surface area (Å²) in [5.74, 6) is 0.170. The van der Waals surface area contributed by atoms with E-state index in [0.717, 1.165) is 36.0 Å². The fourth-order valence-corrected chi connectivity index (χ4v) is 2.69. The average molecular weight is 311 g/mol. The summed E-state index contributed by atoms with van der Waals surface area (Å²) in [5, 5.41) is 6.34. The third kappa shape index (κ3) is 3.33. The molecule has 0 atom stereocenters. The molecule has 98 valence electrons. The average Bonchev–Trinajstić information content (AvgIpc) is 2.37. The standard InChI is InChI=1S/C14H19BrN2O/c1-14(5-7-16-8-6-14)13(18)17-10-11-3-2-4-12(15)9-11/h2-4,9,16H,5-8,10H2,1H3,(H,17,18). The van der Waals surface area contributed by atoms with Gasteiger partial charge in [-0.1, -0.05) is 35.0 Å². The van der Waals surface area contributed by atoms with Crippen LogP contribution in [0.3, 0.4) is 0 Å². The molecule has 0 radical (unpaired) electrons. The number of halogens is 1. The van der Waals surface area contributed by atoms with Crippen LogP contribution >= 0.6 is 15.9 Å². The second-order valence-electron chi connectivity index (χ2n) is 5.12. The lowest BCUT2D eigenvalue weighted by Gasteiger charge is -2.32. The van der Waals surface area contributed by atoms with Crippen molar-refractivity contribution in [2.45, 2.75) is 26.3 Å². The van der Waals surface area contributed by atoms with Crippen LogP contribution in [0, 0.1) is 5.41 Å². The van der Waals surface area contributed by atoms with Crippen LogP contribution in [0.1, 0.15) is 25.3 Å². The van der Waals surface area contributed by atoms with E-state index >= 15 is 0 Å². The summed E-state index contributed by atoms with van der Waals surface area (Å²) in [4.78, 5) is 12.2. The van der Waals surface area contributed by atoms with Crippen molar-refractivity contribution in [3.05, 3.63) is 34.3 Å². The molecule has 0 saturated carbocycles. The molecule has 2 rings (SSSR count). The molecule has 0 spiro atoms. The highest BCUT2D eigenvalue weighted by Crippen LogP contribution is 2.28. The highest BCUT2D eigenvalue weighted by atomic mass is 79.9. The number of hydrogen-bond donors (Lipinski definition) is 2. The monoisotopic (exact) mass is 310 g/mol. The van der Waals surface area contributed by atoms with Crippen molar-refractivity contribution < 1.29 is 4.79 Å². The van der Waals surface area contributed by atoms with Crippen LogP contribution in [-0.2, 0) is 11.3 Å². The zero-order chi connectivity index (χ0) is 13.0. The summed E-state index contributed by atoms with van der Waals surface area (Å²) in [6.45, 7) is 4.52. The van der Waals surface area contributed by atoms with Gasteiger partial charge in [0.1, 0.15) is 0 Å². The Morgan fingerprint density at radius 1 is 1.44 bits per heavy atom. The van der Waals surface area contributed by atoms with E-state index < -0.39 is 0 Å². The summed E-state index contributed by atoms with van der Waals surface area (Å²) in [6.07, 6.45) is 1.83. The van der Waals surface area contributed by atoms with Crippen molar-refractivity contribution in [2.24, 2.45) is 5.41 Å². The Labute approximate surface area is 116 Å². The first-order chi connectivity index (χ1) is 8.60. The van der Waals surface area contributed by atoms with Gasteiger partial charge in [-0.25, -0.2) is 0 Å². The molecule has 1 aromatic rings. The molecule has 1 aromatic carbocycles. The lowest BCUT2D eigenvalue weighted by molar-refractivity contribution is -0.131. The number of amides is 1. The largest absolute Gasteiger partial charge is 0.352 e. The lowest BCUT2D eigenvalue weighted by Crippen LogP contribution is -2.45. The summed E-state index contributed by atoms with van der Waals surface area (Å²) < 4.78 is 1.04. The number of rotatable bonds is 3. The highest BCUT2D eigenvalue weighted by molar-refractivity contribution is 9.10. The summed E-state index contributed by atoms with van der Waals surface area (Å²) in [6, 6.07) is 8.03. The molecule has 1 amide bonds. The van der Waals surface area contributed by atoms with Gasteiger partial charge in [-0.05, 0) is 43.6 Å². The lowest BCUT2D eigenvalue weighted by atomic mass is 9.80. The number of benzene rings is 1. The SMILES string of the molecule is CC1(C(=O)NCc2cccc(Br)c2)CCNCC1. The molecule has 4 heteroatoms. The van der Waals surface area contributed by atoms with Crippen LogP contribution in [-0.4, -0.2) is 19.0 Å². The van der Waals surface area contributed by atoms with Gasteiger partial charge in [0.05, 0.1) is 0 Å². The first kappa shape index (κ1) is 13.6.